The largest absolute Gasteiger partial charge is 0.396 e. The number of rotatable bonds is 5. The molecule has 0 aliphatic rings. The van der Waals surface area contributed by atoms with Crippen molar-refractivity contribution in [2.24, 2.45) is 0 Å². The molecule has 1 heteroatoms. The van der Waals surface area contributed by atoms with Gasteiger partial charge in [-0.1, -0.05) is 31.2 Å². The summed E-state index contributed by atoms with van der Waals surface area (Å²) in [6, 6.07) is 8.76. The molecule has 0 aliphatic carbocycles. The first-order valence-electron chi connectivity index (χ1n) is 5.05. The van der Waals surface area contributed by atoms with Crippen molar-refractivity contribution in [3.8, 4) is 0 Å². The molecule has 0 atom stereocenters. The van der Waals surface area contributed by atoms with Crippen LogP contribution < -0.4 is 0 Å². The van der Waals surface area contributed by atoms with Crippen LogP contribution in [0.15, 0.2) is 24.3 Å². The molecule has 0 aliphatic heterocycles. The van der Waals surface area contributed by atoms with Crippen molar-refractivity contribution >= 4 is 0 Å². The van der Waals surface area contributed by atoms with Gasteiger partial charge < -0.3 is 5.11 Å². The molecule has 0 saturated carbocycles. The summed E-state index contributed by atoms with van der Waals surface area (Å²) in [6.45, 7) is 2.48. The Hall–Kier alpha value is -0.820. The average Bonchev–Trinajstić information content (AvgIpc) is 2.19. The Labute approximate surface area is 80.4 Å². The fourth-order valence-corrected chi connectivity index (χ4v) is 1.38. The standard InChI is InChI=1S/C12H18O/c1-2-11-6-8-12(9-7-11)5-3-4-10-13/h6-9,13H,2-5,10H2,1H3. The molecule has 0 fully saturated rings. The van der Waals surface area contributed by atoms with Crippen molar-refractivity contribution in [2.75, 3.05) is 6.61 Å². The monoisotopic (exact) mass is 178 g/mol. The minimum absolute atomic E-state index is 0.313. The SMILES string of the molecule is CCc1ccc(CCCCO)cc1. The zero-order valence-electron chi connectivity index (χ0n) is 8.29. The third-order valence-corrected chi connectivity index (χ3v) is 2.30. The lowest BCUT2D eigenvalue weighted by molar-refractivity contribution is 0.284. The summed E-state index contributed by atoms with van der Waals surface area (Å²) in [5.41, 5.74) is 2.77. The lowest BCUT2D eigenvalue weighted by atomic mass is 10.1. The zero-order chi connectivity index (χ0) is 9.52. The van der Waals surface area contributed by atoms with Crippen molar-refractivity contribution in [3.05, 3.63) is 35.4 Å². The van der Waals surface area contributed by atoms with Gasteiger partial charge in [-0.2, -0.15) is 0 Å². The van der Waals surface area contributed by atoms with Crippen molar-refractivity contribution in [1.29, 1.82) is 0 Å². The maximum absolute atomic E-state index is 8.63. The second kappa shape index (κ2) is 5.76. The highest BCUT2D eigenvalue weighted by Gasteiger charge is 1.93. The van der Waals surface area contributed by atoms with E-state index in [1.54, 1.807) is 0 Å². The van der Waals surface area contributed by atoms with E-state index in [-0.39, 0.29) is 0 Å². The van der Waals surface area contributed by atoms with Gasteiger partial charge >= 0.3 is 0 Å². The normalized spacial score (nSPS) is 10.3. The Bertz CT molecular complexity index is 225. The van der Waals surface area contributed by atoms with Crippen LogP contribution in [0.2, 0.25) is 0 Å². The van der Waals surface area contributed by atoms with Crippen LogP contribution in [0.1, 0.15) is 30.9 Å². The lowest BCUT2D eigenvalue weighted by Gasteiger charge is -2.01. The van der Waals surface area contributed by atoms with Crippen molar-refractivity contribution in [2.45, 2.75) is 32.6 Å². The third kappa shape index (κ3) is 3.60. The van der Waals surface area contributed by atoms with Gasteiger partial charge in [0, 0.05) is 6.61 Å². The molecule has 1 N–H and O–H groups in total. The lowest BCUT2D eigenvalue weighted by Crippen LogP contribution is -1.89. The minimum atomic E-state index is 0.313. The molecule has 0 heterocycles. The Morgan fingerprint density at radius 2 is 1.62 bits per heavy atom. The molecule has 1 aromatic rings. The fourth-order valence-electron chi connectivity index (χ4n) is 1.38. The summed E-state index contributed by atoms with van der Waals surface area (Å²) < 4.78 is 0. The summed E-state index contributed by atoms with van der Waals surface area (Å²) in [6.07, 6.45) is 4.19. The molecule has 0 unspecified atom stereocenters. The maximum atomic E-state index is 8.63. The second-order valence-electron chi connectivity index (χ2n) is 3.35. The summed E-state index contributed by atoms with van der Waals surface area (Å²) in [5, 5.41) is 8.63. The summed E-state index contributed by atoms with van der Waals surface area (Å²) in [5.74, 6) is 0. The highest BCUT2D eigenvalue weighted by molar-refractivity contribution is 5.22. The molecule has 0 bridgehead atoms. The Morgan fingerprint density at radius 3 is 2.15 bits per heavy atom. The van der Waals surface area contributed by atoms with Gasteiger partial charge in [-0.3, -0.25) is 0 Å². The first kappa shape index (κ1) is 10.3. The molecule has 0 aromatic heterocycles. The van der Waals surface area contributed by atoms with Gasteiger partial charge in [0.15, 0.2) is 0 Å². The van der Waals surface area contributed by atoms with E-state index in [4.69, 9.17) is 5.11 Å². The first-order valence-corrected chi connectivity index (χ1v) is 5.05. The van der Waals surface area contributed by atoms with E-state index >= 15 is 0 Å². The van der Waals surface area contributed by atoms with E-state index in [2.05, 4.69) is 31.2 Å². The Balaban J connectivity index is 2.40. The molecule has 0 radical (unpaired) electrons. The summed E-state index contributed by atoms with van der Waals surface area (Å²) >= 11 is 0. The minimum Gasteiger partial charge on any atom is -0.396 e. The fraction of sp³-hybridized carbons (Fsp3) is 0.500. The van der Waals surface area contributed by atoms with Gasteiger partial charge in [-0.25, -0.2) is 0 Å². The number of aryl methyl sites for hydroxylation is 2. The molecule has 0 saturated heterocycles. The van der Waals surface area contributed by atoms with Crippen LogP contribution in [0.25, 0.3) is 0 Å². The number of aliphatic hydroxyl groups is 1. The van der Waals surface area contributed by atoms with Crippen LogP contribution in [0.3, 0.4) is 0 Å². The van der Waals surface area contributed by atoms with Crippen LogP contribution in [-0.2, 0) is 12.8 Å². The van der Waals surface area contributed by atoms with E-state index in [0.717, 1.165) is 25.7 Å². The highest BCUT2D eigenvalue weighted by atomic mass is 16.2. The van der Waals surface area contributed by atoms with Crippen molar-refractivity contribution in [1.82, 2.24) is 0 Å². The predicted molar refractivity (Wildman–Crippen MR) is 55.8 cm³/mol. The van der Waals surface area contributed by atoms with Crippen LogP contribution in [0, 0.1) is 0 Å². The van der Waals surface area contributed by atoms with Gasteiger partial charge in [-0.15, -0.1) is 0 Å². The van der Waals surface area contributed by atoms with Crippen molar-refractivity contribution in [3.63, 3.8) is 0 Å². The van der Waals surface area contributed by atoms with E-state index in [1.165, 1.54) is 11.1 Å². The average molecular weight is 178 g/mol. The van der Waals surface area contributed by atoms with E-state index in [1.807, 2.05) is 0 Å². The van der Waals surface area contributed by atoms with Crippen LogP contribution in [-0.4, -0.2) is 11.7 Å². The molecular weight excluding hydrogens is 160 g/mol. The second-order valence-corrected chi connectivity index (χ2v) is 3.35. The highest BCUT2D eigenvalue weighted by Crippen LogP contribution is 2.07. The molecule has 13 heavy (non-hydrogen) atoms. The van der Waals surface area contributed by atoms with Gasteiger partial charge in [0.25, 0.3) is 0 Å². The molecule has 72 valence electrons. The predicted octanol–water partition coefficient (Wildman–Crippen LogP) is 2.56. The smallest absolute Gasteiger partial charge is 0.0431 e. The number of aliphatic hydroxyl groups excluding tert-OH is 1. The number of hydrogen-bond donors (Lipinski definition) is 1. The van der Waals surface area contributed by atoms with Crippen LogP contribution in [0.4, 0.5) is 0 Å². The van der Waals surface area contributed by atoms with E-state index < -0.39 is 0 Å². The maximum Gasteiger partial charge on any atom is 0.0431 e. The topological polar surface area (TPSA) is 20.2 Å². The summed E-state index contributed by atoms with van der Waals surface area (Å²) in [4.78, 5) is 0. The number of hydrogen-bond acceptors (Lipinski definition) is 1. The number of benzene rings is 1. The Kier molecular flexibility index (Phi) is 4.55. The molecule has 0 amide bonds. The van der Waals surface area contributed by atoms with Crippen LogP contribution in [0.5, 0.6) is 0 Å². The summed E-state index contributed by atoms with van der Waals surface area (Å²) in [7, 11) is 0. The van der Waals surface area contributed by atoms with Crippen LogP contribution >= 0.6 is 0 Å². The molecular formula is C12H18O. The third-order valence-electron chi connectivity index (χ3n) is 2.30. The number of unbranched alkanes of at least 4 members (excludes halogenated alkanes) is 1. The van der Waals surface area contributed by atoms with Gasteiger partial charge in [0.1, 0.15) is 0 Å². The van der Waals surface area contributed by atoms with Crippen molar-refractivity contribution < 1.29 is 5.11 Å². The van der Waals surface area contributed by atoms with Gasteiger partial charge in [0.05, 0.1) is 0 Å². The first-order chi connectivity index (χ1) is 6.36. The van der Waals surface area contributed by atoms with E-state index in [0.29, 0.717) is 6.61 Å². The Morgan fingerprint density at radius 1 is 1.00 bits per heavy atom. The van der Waals surface area contributed by atoms with E-state index in [9.17, 15) is 0 Å². The molecule has 1 nitrogen and oxygen atoms in total. The molecule has 1 rings (SSSR count). The zero-order valence-corrected chi connectivity index (χ0v) is 8.29. The van der Waals surface area contributed by atoms with Gasteiger partial charge in [-0.05, 0) is 36.8 Å². The molecule has 0 spiro atoms. The molecule has 1 aromatic carbocycles. The van der Waals surface area contributed by atoms with Gasteiger partial charge in [0.2, 0.25) is 0 Å². The quantitative estimate of drug-likeness (QED) is 0.687.